The number of esters is 2. The molecule has 69 heavy (non-hydrogen) atoms. The molecule has 0 aliphatic carbocycles. The van der Waals surface area contributed by atoms with Crippen molar-refractivity contribution in [1.82, 2.24) is 41.3 Å². The summed E-state index contributed by atoms with van der Waals surface area (Å²) in [5.41, 5.74) is 6.98. The Balaban J connectivity index is 0.000000363. The summed E-state index contributed by atoms with van der Waals surface area (Å²) in [7, 11) is 0. The summed E-state index contributed by atoms with van der Waals surface area (Å²) in [6, 6.07) is 16.8. The van der Waals surface area contributed by atoms with Crippen LogP contribution in [0, 0.1) is 11.8 Å². The Morgan fingerprint density at radius 2 is 1.33 bits per heavy atom. The lowest BCUT2D eigenvalue weighted by Crippen LogP contribution is -2.70. The number of guanidine groups is 1. The van der Waals surface area contributed by atoms with Gasteiger partial charge in [-0.05, 0) is 71.4 Å². The summed E-state index contributed by atoms with van der Waals surface area (Å²) in [4.78, 5) is 95.1. The van der Waals surface area contributed by atoms with E-state index >= 15 is 0 Å². The second-order valence-corrected chi connectivity index (χ2v) is 17.1. The molecule has 0 aromatic heterocycles. The molecule has 2 aromatic rings. The lowest BCUT2D eigenvalue weighted by Gasteiger charge is -2.46. The molecular weight excluding hydrogens is 893 g/mol. The molecule has 7 N–H and O–H groups in total. The molecule has 0 spiro atoms. The van der Waals surface area contributed by atoms with Crippen LogP contribution in [-0.2, 0) is 51.3 Å². The molecule has 0 saturated carbocycles. The Labute approximate surface area is 405 Å². The van der Waals surface area contributed by atoms with Crippen LogP contribution in [0.1, 0.15) is 78.9 Å². The van der Waals surface area contributed by atoms with Crippen molar-refractivity contribution in [2.75, 3.05) is 59.2 Å². The quantitative estimate of drug-likeness (QED) is 0.0294. The number of likely N-dealkylation sites (tertiary alicyclic amines) is 1. The van der Waals surface area contributed by atoms with Crippen molar-refractivity contribution in [2.24, 2.45) is 22.6 Å². The van der Waals surface area contributed by atoms with E-state index in [0.717, 1.165) is 16.0 Å². The summed E-state index contributed by atoms with van der Waals surface area (Å²) in [5.74, 6) is -2.05. The minimum atomic E-state index is -0.932. The molecule has 3 aliphatic rings. The molecule has 380 valence electrons. The van der Waals surface area contributed by atoms with E-state index in [4.69, 9.17) is 24.7 Å². The van der Waals surface area contributed by atoms with E-state index in [2.05, 4.69) is 38.2 Å². The van der Waals surface area contributed by atoms with Crippen molar-refractivity contribution in [2.45, 2.75) is 98.6 Å². The monoisotopic (exact) mass is 965 g/mol. The van der Waals surface area contributed by atoms with Crippen LogP contribution in [0.3, 0.4) is 0 Å². The van der Waals surface area contributed by atoms with E-state index in [1.54, 1.807) is 18.7 Å². The van der Waals surface area contributed by atoms with Gasteiger partial charge in [-0.2, -0.15) is 0 Å². The van der Waals surface area contributed by atoms with Gasteiger partial charge in [0.2, 0.25) is 17.8 Å². The number of alkyl carbamates (subject to hydrolysis) is 1. The van der Waals surface area contributed by atoms with Crippen LogP contribution in [0.5, 0.6) is 0 Å². The molecule has 3 saturated heterocycles. The number of carbonyl (C=O) groups is 7. The number of urea groups is 2. The van der Waals surface area contributed by atoms with E-state index in [1.807, 2.05) is 81.4 Å². The lowest BCUT2D eigenvalue weighted by atomic mass is 9.83. The van der Waals surface area contributed by atoms with Crippen LogP contribution in [0.4, 0.5) is 14.4 Å². The van der Waals surface area contributed by atoms with Crippen LogP contribution >= 0.6 is 0 Å². The largest absolute Gasteiger partial charge is 0.464 e. The standard InChI is InChI=1S/C26H32N4O6.C21H36N6O5.CH4/c1-2-35-24(32)22-21(23(31)29-22)14-9-15-27-25(28-18-34-16-19-10-5-3-6-11-19)30-26(33)36-17-20-12-7-4-8-13-20;1-6-32-18(29)16-15(8-7-9-23-14(2)22)17(28)27(16)20(31)26-12-10-25(11-13-26)19(30)24-21(3,4)5;/h3-8,10-13,21-22H,2,9,14-18H2,1H3,(H,29,31)(H2,27,28,30,33);15-16,23H,2,6-13,22H2,1,3-5H3,(H,24,30);1H4/t21-,22?;15-,16?;/m11./s1. The van der Waals surface area contributed by atoms with Gasteiger partial charge in [-0.3, -0.25) is 14.9 Å². The van der Waals surface area contributed by atoms with E-state index < -0.39 is 48.0 Å². The van der Waals surface area contributed by atoms with Crippen molar-refractivity contribution >= 4 is 47.9 Å². The zero-order chi connectivity index (χ0) is 49.6. The third kappa shape index (κ3) is 18.3. The summed E-state index contributed by atoms with van der Waals surface area (Å²) in [5, 5.41) is 14.0. The maximum absolute atomic E-state index is 13.0. The van der Waals surface area contributed by atoms with Crippen molar-refractivity contribution < 1.29 is 52.5 Å². The highest BCUT2D eigenvalue weighted by Gasteiger charge is 2.56. The Kier molecular flexibility index (Phi) is 23.3. The smallest absolute Gasteiger partial charge is 0.414 e. The Hall–Kier alpha value is -6.90. The average molecular weight is 965 g/mol. The second-order valence-electron chi connectivity index (χ2n) is 17.1. The molecule has 5 rings (SSSR count). The topological polar surface area (TPSA) is 265 Å². The number of hydrogen-bond donors (Lipinski definition) is 6. The van der Waals surface area contributed by atoms with Gasteiger partial charge in [0.1, 0.15) is 19.4 Å². The molecule has 2 unspecified atom stereocenters. The third-order valence-corrected chi connectivity index (χ3v) is 10.7. The number of nitrogens with zero attached hydrogens (tertiary/aromatic N) is 4. The van der Waals surface area contributed by atoms with Gasteiger partial charge in [-0.25, -0.2) is 33.9 Å². The molecule has 21 heteroatoms. The summed E-state index contributed by atoms with van der Waals surface area (Å²) >= 11 is 0. The third-order valence-electron chi connectivity index (χ3n) is 10.7. The Morgan fingerprint density at radius 3 is 1.90 bits per heavy atom. The van der Waals surface area contributed by atoms with Crippen LogP contribution in [0.2, 0.25) is 0 Å². The van der Waals surface area contributed by atoms with Crippen LogP contribution in [0.25, 0.3) is 0 Å². The first kappa shape index (κ1) is 56.4. The number of hydrogen-bond acceptors (Lipinski definition) is 14. The number of carbonyl (C=O) groups excluding carboxylic acids is 7. The fourth-order valence-corrected chi connectivity index (χ4v) is 7.31. The molecule has 0 radical (unpaired) electrons. The van der Waals surface area contributed by atoms with E-state index in [-0.39, 0.29) is 76.4 Å². The molecule has 0 bridgehead atoms. The number of ether oxygens (including phenoxy) is 4. The minimum absolute atomic E-state index is 0. The Bertz CT molecular complexity index is 2040. The SMILES string of the molecule is C.C=C(N)NCCC[C@H]1C(=O)N(C(=O)N2CCN(C(=O)NC(C)(C)C)CC2)C1C(=O)OCC.CCOC(=O)C1NC(=O)[C@@H]1CCCNC(=NCOCc1ccccc1)NC(=O)OCc1ccccc1. The van der Waals surface area contributed by atoms with E-state index in [0.29, 0.717) is 64.3 Å². The summed E-state index contributed by atoms with van der Waals surface area (Å²) < 4.78 is 21.0. The second kappa shape index (κ2) is 28.4. The number of aliphatic imine (C=N–C) groups is 1. The van der Waals surface area contributed by atoms with Gasteiger partial charge < -0.3 is 55.7 Å². The van der Waals surface area contributed by atoms with Gasteiger partial charge >= 0.3 is 30.1 Å². The van der Waals surface area contributed by atoms with E-state index in [9.17, 15) is 33.6 Å². The molecular formula is C48H72N10O11. The molecule has 2 aromatic carbocycles. The maximum Gasteiger partial charge on any atom is 0.414 e. The number of amides is 7. The minimum Gasteiger partial charge on any atom is -0.464 e. The predicted octanol–water partition coefficient (Wildman–Crippen LogP) is 3.55. The summed E-state index contributed by atoms with van der Waals surface area (Å²) in [6.07, 6.45) is 1.41. The fraction of sp³-hybridized carbons (Fsp3) is 0.542. The number of rotatable bonds is 19. The predicted molar refractivity (Wildman–Crippen MR) is 257 cm³/mol. The zero-order valence-corrected chi connectivity index (χ0v) is 39.8. The highest BCUT2D eigenvalue weighted by atomic mass is 16.6. The molecule has 21 nitrogen and oxygen atoms in total. The Morgan fingerprint density at radius 1 is 0.783 bits per heavy atom. The number of nitrogens with one attached hydrogen (secondary N) is 5. The van der Waals surface area contributed by atoms with E-state index in [1.165, 1.54) is 4.90 Å². The number of nitrogens with two attached hydrogens (primary N) is 1. The normalized spacial score (nSPS) is 18.6. The first-order valence-electron chi connectivity index (χ1n) is 22.9. The van der Waals surface area contributed by atoms with Crippen LogP contribution in [0.15, 0.2) is 78.1 Å². The van der Waals surface area contributed by atoms with Gasteiger partial charge in [0, 0.05) is 44.8 Å². The van der Waals surface area contributed by atoms with Crippen LogP contribution in [-0.4, -0.2) is 139 Å². The average Bonchev–Trinajstić information content (AvgIpc) is 3.30. The van der Waals surface area contributed by atoms with Crippen molar-refractivity contribution in [3.63, 3.8) is 0 Å². The number of imide groups is 1. The highest BCUT2D eigenvalue weighted by molar-refractivity contribution is 6.08. The molecule has 3 aliphatic heterocycles. The van der Waals surface area contributed by atoms with Crippen molar-refractivity contribution in [3.8, 4) is 0 Å². The molecule has 4 atom stereocenters. The van der Waals surface area contributed by atoms with Crippen molar-refractivity contribution in [1.29, 1.82) is 0 Å². The lowest BCUT2D eigenvalue weighted by molar-refractivity contribution is -0.170. The zero-order valence-electron chi connectivity index (χ0n) is 39.8. The van der Waals surface area contributed by atoms with Crippen molar-refractivity contribution in [3.05, 3.63) is 84.2 Å². The van der Waals surface area contributed by atoms with Gasteiger partial charge in [0.15, 0.2) is 6.04 Å². The summed E-state index contributed by atoms with van der Waals surface area (Å²) in [6.45, 7) is 15.8. The molecule has 3 heterocycles. The highest BCUT2D eigenvalue weighted by Crippen LogP contribution is 2.33. The first-order chi connectivity index (χ1) is 32.5. The molecule has 7 amide bonds. The van der Waals surface area contributed by atoms with Gasteiger partial charge in [-0.1, -0.05) is 74.7 Å². The first-order valence-corrected chi connectivity index (χ1v) is 22.9. The maximum atomic E-state index is 13.0. The van der Waals surface area contributed by atoms with Crippen LogP contribution < -0.4 is 32.3 Å². The molecule has 3 fully saturated rings. The van der Waals surface area contributed by atoms with Gasteiger partial charge in [0.05, 0.1) is 37.5 Å². The fourth-order valence-electron chi connectivity index (χ4n) is 7.31. The number of benzene rings is 2. The number of piperazine rings is 1. The van der Waals surface area contributed by atoms with Gasteiger partial charge in [0.25, 0.3) is 0 Å². The number of β-lactam (4-membered cyclic amide) rings is 2. The van der Waals surface area contributed by atoms with Gasteiger partial charge in [-0.15, -0.1) is 0 Å².